The summed E-state index contributed by atoms with van der Waals surface area (Å²) in [7, 11) is 2.71. The van der Waals surface area contributed by atoms with Crippen molar-refractivity contribution in [2.75, 3.05) is 0 Å². The average Bonchev–Trinajstić information content (AvgIpc) is 2.42. The Morgan fingerprint density at radius 3 is 2.85 bits per heavy atom. The molecular formula is C11H14NP. The summed E-state index contributed by atoms with van der Waals surface area (Å²) in [5.74, 6) is 0. The fraction of sp³-hybridized carbons (Fsp3) is 0.273. The Hall–Kier alpha value is -0.810. The molecule has 0 bridgehead atoms. The Morgan fingerprint density at radius 1 is 1.38 bits per heavy atom. The molecule has 1 aromatic heterocycles. The van der Waals surface area contributed by atoms with Gasteiger partial charge in [0, 0.05) is 11.6 Å². The standard InChI is InChI=1S/C11H14NP/c1-3-9-4-5-11-10(6-9)8(2)7-12(11)13/h4-7H,3,13H2,1-2H3. The second-order valence-electron chi connectivity index (χ2n) is 3.42. The highest BCUT2D eigenvalue weighted by molar-refractivity contribution is 7.14. The maximum atomic E-state index is 2.71. The van der Waals surface area contributed by atoms with E-state index < -0.39 is 0 Å². The van der Waals surface area contributed by atoms with Crippen molar-refractivity contribution in [2.24, 2.45) is 0 Å². The molecular weight excluding hydrogens is 177 g/mol. The molecule has 0 saturated carbocycles. The molecule has 2 heteroatoms. The fourth-order valence-corrected chi connectivity index (χ4v) is 2.14. The van der Waals surface area contributed by atoms with Crippen molar-refractivity contribution in [1.82, 2.24) is 4.34 Å². The molecule has 0 aliphatic rings. The lowest BCUT2D eigenvalue weighted by molar-refractivity contribution is 1.15. The van der Waals surface area contributed by atoms with Gasteiger partial charge >= 0.3 is 0 Å². The zero-order chi connectivity index (χ0) is 9.42. The highest BCUT2D eigenvalue weighted by Gasteiger charge is 2.02. The molecule has 0 spiro atoms. The van der Waals surface area contributed by atoms with Gasteiger partial charge in [-0.15, -0.1) is 0 Å². The molecule has 13 heavy (non-hydrogen) atoms. The first-order valence-electron chi connectivity index (χ1n) is 4.58. The van der Waals surface area contributed by atoms with E-state index in [9.17, 15) is 0 Å². The molecule has 0 aliphatic carbocycles. The molecule has 1 nitrogen and oxygen atoms in total. The number of aromatic nitrogens is 1. The Labute approximate surface area is 81.0 Å². The zero-order valence-corrected chi connectivity index (χ0v) is 9.20. The SMILES string of the molecule is CCc1ccc2c(c1)c(C)cn2P. The second kappa shape index (κ2) is 3.16. The fourth-order valence-electron chi connectivity index (χ4n) is 1.69. The van der Waals surface area contributed by atoms with Crippen LogP contribution in [0, 0.1) is 6.92 Å². The van der Waals surface area contributed by atoms with Gasteiger partial charge < -0.3 is 4.34 Å². The topological polar surface area (TPSA) is 4.93 Å². The van der Waals surface area contributed by atoms with Gasteiger partial charge in [-0.25, -0.2) is 0 Å². The van der Waals surface area contributed by atoms with Crippen LogP contribution in [0.2, 0.25) is 0 Å². The molecule has 0 saturated heterocycles. The Kier molecular flexibility index (Phi) is 2.13. The van der Waals surface area contributed by atoms with Gasteiger partial charge in [-0.05, 0) is 46.0 Å². The molecule has 1 atom stereocenters. The van der Waals surface area contributed by atoms with E-state index in [1.807, 2.05) is 0 Å². The average molecular weight is 191 g/mol. The highest BCUT2D eigenvalue weighted by Crippen LogP contribution is 2.23. The van der Waals surface area contributed by atoms with Gasteiger partial charge in [0.2, 0.25) is 0 Å². The predicted molar refractivity (Wildman–Crippen MR) is 61.2 cm³/mol. The first-order chi connectivity index (χ1) is 6.22. The molecule has 1 unspecified atom stereocenters. The van der Waals surface area contributed by atoms with E-state index >= 15 is 0 Å². The highest BCUT2D eigenvalue weighted by atomic mass is 31.0. The molecule has 1 aromatic carbocycles. The Balaban J connectivity index is 2.76. The van der Waals surface area contributed by atoms with Crippen LogP contribution in [0.5, 0.6) is 0 Å². The number of rotatable bonds is 1. The monoisotopic (exact) mass is 191 g/mol. The van der Waals surface area contributed by atoms with Gasteiger partial charge in [0.25, 0.3) is 0 Å². The zero-order valence-electron chi connectivity index (χ0n) is 8.04. The number of aryl methyl sites for hydroxylation is 2. The van der Waals surface area contributed by atoms with Crippen LogP contribution in [0.15, 0.2) is 24.4 Å². The number of hydrogen-bond acceptors (Lipinski definition) is 0. The molecule has 2 aromatic rings. The molecule has 0 radical (unpaired) electrons. The minimum Gasteiger partial charge on any atom is -0.332 e. The van der Waals surface area contributed by atoms with Crippen molar-refractivity contribution in [3.05, 3.63) is 35.5 Å². The van der Waals surface area contributed by atoms with E-state index in [1.165, 1.54) is 22.0 Å². The van der Waals surface area contributed by atoms with Crippen molar-refractivity contribution >= 4 is 20.3 Å². The predicted octanol–water partition coefficient (Wildman–Crippen LogP) is 3.15. The van der Waals surface area contributed by atoms with Gasteiger partial charge in [0.1, 0.15) is 0 Å². The Bertz CT molecular complexity index is 443. The lowest BCUT2D eigenvalue weighted by atomic mass is 10.1. The third-order valence-electron chi connectivity index (χ3n) is 2.50. The lowest BCUT2D eigenvalue weighted by Crippen LogP contribution is -1.80. The molecule has 0 fully saturated rings. The number of nitrogens with zero attached hydrogens (tertiary/aromatic N) is 1. The smallest absolute Gasteiger partial charge is 0.0512 e. The van der Waals surface area contributed by atoms with Crippen LogP contribution in [0.3, 0.4) is 0 Å². The third-order valence-corrected chi connectivity index (χ3v) is 2.93. The van der Waals surface area contributed by atoms with E-state index in [0.29, 0.717) is 0 Å². The van der Waals surface area contributed by atoms with Crippen molar-refractivity contribution < 1.29 is 0 Å². The van der Waals surface area contributed by atoms with Crippen LogP contribution in [-0.4, -0.2) is 4.34 Å². The number of fused-ring (bicyclic) bond motifs is 1. The summed E-state index contributed by atoms with van der Waals surface area (Å²) in [6.45, 7) is 4.34. The second-order valence-corrected chi connectivity index (χ2v) is 3.98. The summed E-state index contributed by atoms with van der Waals surface area (Å²) >= 11 is 0. The van der Waals surface area contributed by atoms with Gasteiger partial charge in [-0.1, -0.05) is 13.0 Å². The summed E-state index contributed by atoms with van der Waals surface area (Å²) < 4.78 is 2.10. The summed E-state index contributed by atoms with van der Waals surface area (Å²) in [5, 5.41) is 1.37. The van der Waals surface area contributed by atoms with Gasteiger partial charge in [-0.2, -0.15) is 0 Å². The van der Waals surface area contributed by atoms with Crippen LogP contribution in [0.25, 0.3) is 10.9 Å². The number of hydrogen-bond donors (Lipinski definition) is 0. The number of benzene rings is 1. The van der Waals surface area contributed by atoms with Crippen LogP contribution in [0.4, 0.5) is 0 Å². The van der Waals surface area contributed by atoms with Gasteiger partial charge in [0.15, 0.2) is 0 Å². The molecule has 0 N–H and O–H groups in total. The first-order valence-corrected chi connectivity index (χ1v) is 5.09. The minimum absolute atomic E-state index is 1.11. The van der Waals surface area contributed by atoms with Crippen molar-refractivity contribution in [3.8, 4) is 0 Å². The minimum atomic E-state index is 1.11. The van der Waals surface area contributed by atoms with Gasteiger partial charge in [0.05, 0.1) is 5.52 Å². The first kappa shape index (κ1) is 8.77. The Morgan fingerprint density at radius 2 is 2.15 bits per heavy atom. The summed E-state index contributed by atoms with van der Waals surface area (Å²) in [6.07, 6.45) is 3.26. The van der Waals surface area contributed by atoms with E-state index in [2.05, 4.69) is 52.0 Å². The van der Waals surface area contributed by atoms with Crippen molar-refractivity contribution in [1.29, 1.82) is 0 Å². The van der Waals surface area contributed by atoms with Gasteiger partial charge in [-0.3, -0.25) is 0 Å². The van der Waals surface area contributed by atoms with E-state index in [0.717, 1.165) is 6.42 Å². The van der Waals surface area contributed by atoms with Crippen LogP contribution >= 0.6 is 9.39 Å². The summed E-state index contributed by atoms with van der Waals surface area (Å²) in [5.41, 5.74) is 4.05. The lowest BCUT2D eigenvalue weighted by Gasteiger charge is -1.98. The summed E-state index contributed by atoms with van der Waals surface area (Å²) in [4.78, 5) is 0. The maximum Gasteiger partial charge on any atom is 0.0512 e. The van der Waals surface area contributed by atoms with Crippen molar-refractivity contribution in [2.45, 2.75) is 20.3 Å². The molecule has 68 valence electrons. The normalized spacial score (nSPS) is 11.0. The quantitative estimate of drug-likeness (QED) is 0.610. The van der Waals surface area contributed by atoms with Crippen LogP contribution in [-0.2, 0) is 6.42 Å². The van der Waals surface area contributed by atoms with Crippen LogP contribution in [0.1, 0.15) is 18.1 Å². The maximum absolute atomic E-state index is 2.71. The molecule has 0 aliphatic heterocycles. The van der Waals surface area contributed by atoms with E-state index in [-0.39, 0.29) is 0 Å². The van der Waals surface area contributed by atoms with E-state index in [1.54, 1.807) is 0 Å². The van der Waals surface area contributed by atoms with Crippen LogP contribution < -0.4 is 0 Å². The third kappa shape index (κ3) is 1.38. The molecule has 2 rings (SSSR count). The molecule has 0 amide bonds. The van der Waals surface area contributed by atoms with E-state index in [4.69, 9.17) is 0 Å². The summed E-state index contributed by atoms with van der Waals surface area (Å²) in [6, 6.07) is 6.67. The largest absolute Gasteiger partial charge is 0.332 e. The van der Waals surface area contributed by atoms with Crippen molar-refractivity contribution in [3.63, 3.8) is 0 Å². The molecule has 1 heterocycles.